The average Bonchev–Trinajstić information content (AvgIpc) is 3.37. The van der Waals surface area contributed by atoms with Gasteiger partial charge in [-0.15, -0.1) is 0 Å². The summed E-state index contributed by atoms with van der Waals surface area (Å²) in [6, 6.07) is 13.8. The van der Waals surface area contributed by atoms with Gasteiger partial charge < -0.3 is 10.1 Å². The van der Waals surface area contributed by atoms with Crippen molar-refractivity contribution in [2.45, 2.75) is 32.6 Å². The summed E-state index contributed by atoms with van der Waals surface area (Å²) in [6.07, 6.45) is 7.83. The van der Waals surface area contributed by atoms with E-state index in [1.807, 2.05) is 49.4 Å². The van der Waals surface area contributed by atoms with Crippen LogP contribution < -0.4 is 5.32 Å². The maximum absolute atomic E-state index is 12.6. The molecule has 3 aromatic heterocycles. The molecule has 0 unspecified atom stereocenters. The smallest absolute Gasteiger partial charge is 0.339 e. The third kappa shape index (κ3) is 4.99. The Bertz CT molecular complexity index is 1290. The highest BCUT2D eigenvalue weighted by atomic mass is 16.5. The quantitative estimate of drug-likeness (QED) is 0.303. The predicted molar refractivity (Wildman–Crippen MR) is 132 cm³/mol. The number of benzene rings is 1. The molecule has 5 rings (SSSR count). The molecule has 1 aliphatic rings. The maximum Gasteiger partial charge on any atom is 0.339 e. The number of H-pyrrole nitrogens is 1. The average molecular weight is 456 g/mol. The third-order valence-corrected chi connectivity index (χ3v) is 6.46. The van der Waals surface area contributed by atoms with Crippen LogP contribution in [0.25, 0.3) is 33.4 Å². The Balaban J connectivity index is 1.30. The molecule has 7 nitrogen and oxygen atoms in total. The number of carbonyl (C=O) groups is 1. The van der Waals surface area contributed by atoms with Gasteiger partial charge in [-0.1, -0.05) is 12.1 Å². The number of nitrogens with one attached hydrogen (secondary N) is 2. The topological polar surface area (TPSA) is 92.8 Å². The number of esters is 1. The zero-order valence-corrected chi connectivity index (χ0v) is 19.4. The number of ether oxygens (including phenoxy) is 1. The number of rotatable bonds is 7. The third-order valence-electron chi connectivity index (χ3n) is 6.46. The molecule has 1 aliphatic heterocycles. The van der Waals surface area contributed by atoms with Gasteiger partial charge in [0.15, 0.2) is 0 Å². The lowest BCUT2D eigenvalue weighted by atomic mass is 9.93. The van der Waals surface area contributed by atoms with E-state index in [0.717, 1.165) is 71.0 Å². The van der Waals surface area contributed by atoms with Crippen LogP contribution in [-0.2, 0) is 4.74 Å². The van der Waals surface area contributed by atoms with Gasteiger partial charge in [0.05, 0.1) is 35.3 Å². The fourth-order valence-electron chi connectivity index (χ4n) is 4.58. The molecule has 0 aliphatic carbocycles. The SMILES string of the molecule is Cc1cccc(-c2[nH]ncc2-c2ccc3ncc(C(=O)OCCCC4CCNCC4)cc3c2)n1. The van der Waals surface area contributed by atoms with Gasteiger partial charge in [0.1, 0.15) is 0 Å². The van der Waals surface area contributed by atoms with E-state index in [2.05, 4.69) is 25.5 Å². The monoisotopic (exact) mass is 455 g/mol. The van der Waals surface area contributed by atoms with E-state index in [9.17, 15) is 4.79 Å². The van der Waals surface area contributed by atoms with Crippen molar-refractivity contribution >= 4 is 16.9 Å². The molecule has 1 saturated heterocycles. The molecule has 174 valence electrons. The second kappa shape index (κ2) is 10.1. The van der Waals surface area contributed by atoms with E-state index in [1.165, 1.54) is 12.8 Å². The van der Waals surface area contributed by atoms with Crippen molar-refractivity contribution in [2.75, 3.05) is 19.7 Å². The molecule has 34 heavy (non-hydrogen) atoms. The van der Waals surface area contributed by atoms with Crippen LogP contribution in [0.1, 0.15) is 41.7 Å². The first kappa shape index (κ1) is 22.2. The largest absolute Gasteiger partial charge is 0.462 e. The van der Waals surface area contributed by atoms with Crippen LogP contribution in [0.5, 0.6) is 0 Å². The first-order chi connectivity index (χ1) is 16.7. The Kier molecular flexibility index (Phi) is 6.62. The number of pyridine rings is 2. The fourth-order valence-corrected chi connectivity index (χ4v) is 4.58. The van der Waals surface area contributed by atoms with Crippen LogP contribution in [-0.4, -0.2) is 45.8 Å². The summed E-state index contributed by atoms with van der Waals surface area (Å²) in [5.41, 5.74) is 5.87. The molecular formula is C27H29N5O2. The van der Waals surface area contributed by atoms with Crippen LogP contribution in [0.3, 0.4) is 0 Å². The fraction of sp³-hybridized carbons (Fsp3) is 0.333. The molecule has 0 spiro atoms. The van der Waals surface area contributed by atoms with Crippen molar-refractivity contribution in [3.63, 3.8) is 0 Å². The van der Waals surface area contributed by atoms with Crippen molar-refractivity contribution in [1.29, 1.82) is 0 Å². The summed E-state index contributed by atoms with van der Waals surface area (Å²) in [4.78, 5) is 21.7. The molecule has 0 atom stereocenters. The number of hydrogen-bond donors (Lipinski definition) is 2. The van der Waals surface area contributed by atoms with Gasteiger partial charge in [-0.3, -0.25) is 15.1 Å². The Morgan fingerprint density at radius 1 is 1.12 bits per heavy atom. The van der Waals surface area contributed by atoms with Crippen molar-refractivity contribution in [3.05, 3.63) is 66.1 Å². The van der Waals surface area contributed by atoms with Gasteiger partial charge >= 0.3 is 5.97 Å². The molecule has 0 radical (unpaired) electrons. The first-order valence-corrected chi connectivity index (χ1v) is 11.9. The lowest BCUT2D eigenvalue weighted by Gasteiger charge is -2.22. The standard InChI is InChI=1S/C27H29N5O2/c1-18-4-2-6-25(31-18)26-23(17-30-32-26)20-7-8-24-21(14-20)15-22(16-29-24)27(33)34-13-3-5-19-9-11-28-12-10-19/h2,4,6-8,14-17,19,28H,3,5,9-13H2,1H3,(H,30,32). The van der Waals surface area contributed by atoms with Crippen molar-refractivity contribution in [1.82, 2.24) is 25.5 Å². The van der Waals surface area contributed by atoms with Gasteiger partial charge in [-0.2, -0.15) is 5.10 Å². The first-order valence-electron chi connectivity index (χ1n) is 11.9. The molecule has 0 saturated carbocycles. The second-order valence-corrected chi connectivity index (χ2v) is 8.93. The molecule has 1 aromatic carbocycles. The Labute approximate surface area is 199 Å². The molecule has 4 heterocycles. The van der Waals surface area contributed by atoms with Crippen molar-refractivity contribution in [2.24, 2.45) is 5.92 Å². The molecule has 0 amide bonds. The lowest BCUT2D eigenvalue weighted by Crippen LogP contribution is -2.27. The summed E-state index contributed by atoms with van der Waals surface area (Å²) in [5.74, 6) is 0.418. The van der Waals surface area contributed by atoms with E-state index >= 15 is 0 Å². The zero-order chi connectivity index (χ0) is 23.3. The van der Waals surface area contributed by atoms with Crippen LogP contribution in [0.4, 0.5) is 0 Å². The molecule has 2 N–H and O–H groups in total. The van der Waals surface area contributed by atoms with Gasteiger partial charge in [0.25, 0.3) is 0 Å². The van der Waals surface area contributed by atoms with Gasteiger partial charge in [0.2, 0.25) is 0 Å². The minimum absolute atomic E-state index is 0.321. The highest BCUT2D eigenvalue weighted by Crippen LogP contribution is 2.31. The molecule has 7 heteroatoms. The van der Waals surface area contributed by atoms with Gasteiger partial charge in [0, 0.05) is 22.8 Å². The molecule has 1 fully saturated rings. The minimum Gasteiger partial charge on any atom is -0.462 e. The Morgan fingerprint density at radius 3 is 2.85 bits per heavy atom. The summed E-state index contributed by atoms with van der Waals surface area (Å²) >= 11 is 0. The Hall–Kier alpha value is -3.58. The summed E-state index contributed by atoms with van der Waals surface area (Å²) in [6.45, 7) is 4.60. The number of fused-ring (bicyclic) bond motifs is 1. The van der Waals surface area contributed by atoms with Crippen LogP contribution in [0, 0.1) is 12.8 Å². The normalized spacial score (nSPS) is 14.4. The van der Waals surface area contributed by atoms with Crippen molar-refractivity contribution < 1.29 is 9.53 Å². The van der Waals surface area contributed by atoms with Crippen molar-refractivity contribution in [3.8, 4) is 22.5 Å². The van der Waals surface area contributed by atoms with Crippen LogP contribution >= 0.6 is 0 Å². The van der Waals surface area contributed by atoms with E-state index in [1.54, 1.807) is 12.4 Å². The minimum atomic E-state index is -0.321. The van der Waals surface area contributed by atoms with Gasteiger partial charge in [-0.05, 0) is 87.5 Å². The predicted octanol–water partition coefficient (Wildman–Crippen LogP) is 4.93. The highest BCUT2D eigenvalue weighted by molar-refractivity contribution is 5.95. The maximum atomic E-state index is 12.6. The molecular weight excluding hydrogens is 426 g/mol. The molecule has 4 aromatic rings. The number of carbonyl (C=O) groups excluding carboxylic acids is 1. The van der Waals surface area contributed by atoms with Crippen LogP contribution in [0.2, 0.25) is 0 Å². The van der Waals surface area contributed by atoms with Gasteiger partial charge in [-0.25, -0.2) is 4.79 Å². The van der Waals surface area contributed by atoms with E-state index < -0.39 is 0 Å². The second-order valence-electron chi connectivity index (χ2n) is 8.93. The number of hydrogen-bond acceptors (Lipinski definition) is 6. The summed E-state index contributed by atoms with van der Waals surface area (Å²) in [7, 11) is 0. The van der Waals surface area contributed by atoms with E-state index in [4.69, 9.17) is 4.74 Å². The zero-order valence-electron chi connectivity index (χ0n) is 19.4. The van der Waals surface area contributed by atoms with Crippen LogP contribution in [0.15, 0.2) is 54.9 Å². The summed E-state index contributed by atoms with van der Waals surface area (Å²) < 4.78 is 5.54. The van der Waals surface area contributed by atoms with E-state index in [-0.39, 0.29) is 5.97 Å². The highest BCUT2D eigenvalue weighted by Gasteiger charge is 2.15. The summed E-state index contributed by atoms with van der Waals surface area (Å²) in [5, 5.41) is 11.6. The number of aromatic nitrogens is 4. The Morgan fingerprint density at radius 2 is 2.00 bits per heavy atom. The van der Waals surface area contributed by atoms with E-state index in [0.29, 0.717) is 12.2 Å². The molecule has 0 bridgehead atoms. The number of piperidine rings is 1. The number of aryl methyl sites for hydroxylation is 1. The number of nitrogens with zero attached hydrogens (tertiary/aromatic N) is 3. The number of aromatic amines is 1. The lowest BCUT2D eigenvalue weighted by molar-refractivity contribution is 0.0491.